The Kier molecular flexibility index (Phi) is 3.92. The molecular weight excluding hydrogens is 266 g/mol. The molecule has 1 aromatic rings. The molecule has 2 fully saturated rings. The maximum Gasteiger partial charge on any atom is 0.227 e. The normalized spacial score (nSPS) is 18.9. The van der Waals surface area contributed by atoms with Gasteiger partial charge in [-0.05, 0) is 49.8 Å². The molecule has 2 amide bonds. The number of nitrogens with two attached hydrogens (primary N) is 1. The van der Waals surface area contributed by atoms with Crippen LogP contribution in [0.25, 0.3) is 0 Å². The number of anilines is 2. The van der Waals surface area contributed by atoms with Crippen LogP contribution in [0.4, 0.5) is 11.4 Å². The highest BCUT2D eigenvalue weighted by molar-refractivity contribution is 5.96. The number of hydrogen-bond acceptors (Lipinski definition) is 3. The Hall–Kier alpha value is -1.88. The molecule has 0 aromatic heterocycles. The van der Waals surface area contributed by atoms with Crippen LogP contribution in [0, 0.1) is 11.8 Å². The Labute approximate surface area is 124 Å². The first-order valence-electron chi connectivity index (χ1n) is 7.58. The van der Waals surface area contributed by atoms with Gasteiger partial charge in [-0.3, -0.25) is 9.59 Å². The minimum Gasteiger partial charge on any atom is -0.327 e. The van der Waals surface area contributed by atoms with E-state index in [2.05, 4.69) is 10.6 Å². The number of carbonyl (C=O) groups excluding carboxylic acids is 2. The predicted molar refractivity (Wildman–Crippen MR) is 81.7 cm³/mol. The summed E-state index contributed by atoms with van der Waals surface area (Å²) in [6.07, 6.45) is 4.57. The van der Waals surface area contributed by atoms with Gasteiger partial charge in [0.25, 0.3) is 0 Å². The highest BCUT2D eigenvalue weighted by atomic mass is 16.2. The summed E-state index contributed by atoms with van der Waals surface area (Å²) in [5.41, 5.74) is 7.36. The zero-order valence-electron chi connectivity index (χ0n) is 12.0. The summed E-state index contributed by atoms with van der Waals surface area (Å²) in [7, 11) is 0. The molecule has 2 saturated carbocycles. The summed E-state index contributed by atoms with van der Waals surface area (Å²) in [6.45, 7) is 0. The molecule has 0 bridgehead atoms. The van der Waals surface area contributed by atoms with Crippen molar-refractivity contribution in [2.75, 3.05) is 10.6 Å². The Bertz CT molecular complexity index is 550. The summed E-state index contributed by atoms with van der Waals surface area (Å²) in [5.74, 6) is 0.675. The van der Waals surface area contributed by atoms with Crippen molar-refractivity contribution in [3.8, 4) is 0 Å². The number of amides is 2. The Morgan fingerprint density at radius 1 is 1.14 bits per heavy atom. The molecule has 112 valence electrons. The lowest BCUT2D eigenvalue weighted by atomic mass is 10.1. The van der Waals surface area contributed by atoms with E-state index < -0.39 is 0 Å². The molecule has 3 rings (SSSR count). The van der Waals surface area contributed by atoms with Gasteiger partial charge in [0.1, 0.15) is 0 Å². The lowest BCUT2D eigenvalue weighted by molar-refractivity contribution is -0.117. The standard InChI is InChI=1S/C16H21N3O2/c17-14(10-4-5-10)9-15(20)18-12-2-1-3-13(8-12)19-16(21)11-6-7-11/h1-3,8,10-11,14H,4-7,9,17H2,(H,18,20)(H,19,21). The van der Waals surface area contributed by atoms with Gasteiger partial charge in [-0.15, -0.1) is 0 Å². The fourth-order valence-corrected chi connectivity index (χ4v) is 2.38. The topological polar surface area (TPSA) is 84.2 Å². The summed E-state index contributed by atoms with van der Waals surface area (Å²) in [6, 6.07) is 7.20. The molecule has 0 heterocycles. The van der Waals surface area contributed by atoms with E-state index in [1.54, 1.807) is 6.07 Å². The minimum absolute atomic E-state index is 0.0391. The van der Waals surface area contributed by atoms with Crippen LogP contribution in [0.1, 0.15) is 32.1 Å². The van der Waals surface area contributed by atoms with Crippen LogP contribution in [-0.4, -0.2) is 17.9 Å². The van der Waals surface area contributed by atoms with E-state index in [1.165, 1.54) is 0 Å². The van der Waals surface area contributed by atoms with Crippen molar-refractivity contribution in [2.45, 2.75) is 38.1 Å². The average molecular weight is 287 g/mol. The molecule has 5 heteroatoms. The zero-order chi connectivity index (χ0) is 14.8. The maximum absolute atomic E-state index is 11.9. The molecule has 0 saturated heterocycles. The van der Waals surface area contributed by atoms with Gasteiger partial charge >= 0.3 is 0 Å². The summed E-state index contributed by atoms with van der Waals surface area (Å²) >= 11 is 0. The van der Waals surface area contributed by atoms with E-state index in [0.29, 0.717) is 18.0 Å². The van der Waals surface area contributed by atoms with E-state index in [9.17, 15) is 9.59 Å². The van der Waals surface area contributed by atoms with Crippen molar-refractivity contribution in [1.29, 1.82) is 0 Å². The third-order valence-electron chi connectivity index (χ3n) is 4.01. The fraction of sp³-hybridized carbons (Fsp3) is 0.500. The van der Waals surface area contributed by atoms with E-state index in [-0.39, 0.29) is 23.8 Å². The number of carbonyl (C=O) groups is 2. The van der Waals surface area contributed by atoms with Gasteiger partial charge < -0.3 is 16.4 Å². The van der Waals surface area contributed by atoms with E-state index >= 15 is 0 Å². The molecular formula is C16H21N3O2. The molecule has 5 nitrogen and oxygen atoms in total. The van der Waals surface area contributed by atoms with Gasteiger partial charge in [-0.2, -0.15) is 0 Å². The molecule has 2 aliphatic rings. The minimum atomic E-state index is -0.0694. The number of rotatable bonds is 6. The first-order chi connectivity index (χ1) is 10.1. The van der Waals surface area contributed by atoms with Crippen molar-refractivity contribution in [3.05, 3.63) is 24.3 Å². The molecule has 4 N–H and O–H groups in total. The van der Waals surface area contributed by atoms with E-state index in [0.717, 1.165) is 31.4 Å². The van der Waals surface area contributed by atoms with Crippen molar-refractivity contribution in [2.24, 2.45) is 17.6 Å². The van der Waals surface area contributed by atoms with E-state index in [1.807, 2.05) is 18.2 Å². The zero-order valence-corrected chi connectivity index (χ0v) is 12.0. The largest absolute Gasteiger partial charge is 0.327 e. The van der Waals surface area contributed by atoms with Gasteiger partial charge in [-0.1, -0.05) is 6.07 Å². The Morgan fingerprint density at radius 2 is 1.81 bits per heavy atom. The van der Waals surface area contributed by atoms with Crippen LogP contribution in [0.3, 0.4) is 0 Å². The summed E-state index contributed by atoms with van der Waals surface area (Å²) < 4.78 is 0. The second-order valence-electron chi connectivity index (χ2n) is 6.10. The highest BCUT2D eigenvalue weighted by Gasteiger charge is 2.30. The van der Waals surface area contributed by atoms with Crippen LogP contribution < -0.4 is 16.4 Å². The summed E-state index contributed by atoms with van der Waals surface area (Å²) in [4.78, 5) is 23.6. The molecule has 21 heavy (non-hydrogen) atoms. The second-order valence-corrected chi connectivity index (χ2v) is 6.10. The van der Waals surface area contributed by atoms with Crippen LogP contribution in [0.2, 0.25) is 0 Å². The predicted octanol–water partition coefficient (Wildman–Crippen LogP) is 2.10. The smallest absolute Gasteiger partial charge is 0.227 e. The van der Waals surface area contributed by atoms with Gasteiger partial charge in [0, 0.05) is 29.8 Å². The molecule has 1 atom stereocenters. The quantitative estimate of drug-likeness (QED) is 0.749. The van der Waals surface area contributed by atoms with Crippen molar-refractivity contribution < 1.29 is 9.59 Å². The molecule has 1 unspecified atom stereocenters. The van der Waals surface area contributed by atoms with Crippen molar-refractivity contribution in [3.63, 3.8) is 0 Å². The average Bonchev–Trinajstić information content (AvgIpc) is 3.29. The second kappa shape index (κ2) is 5.85. The van der Waals surface area contributed by atoms with Crippen molar-refractivity contribution in [1.82, 2.24) is 0 Å². The third-order valence-corrected chi connectivity index (χ3v) is 4.01. The van der Waals surface area contributed by atoms with Crippen LogP contribution in [0.5, 0.6) is 0 Å². The number of benzene rings is 1. The van der Waals surface area contributed by atoms with Gasteiger partial charge in [0.2, 0.25) is 11.8 Å². The van der Waals surface area contributed by atoms with Gasteiger partial charge in [0.15, 0.2) is 0 Å². The SMILES string of the molecule is NC(CC(=O)Nc1cccc(NC(=O)C2CC2)c1)C1CC1. The Balaban J connectivity index is 1.54. The van der Waals surface area contributed by atoms with Crippen LogP contribution >= 0.6 is 0 Å². The maximum atomic E-state index is 11.9. The lowest BCUT2D eigenvalue weighted by Crippen LogP contribution is -2.28. The van der Waals surface area contributed by atoms with Gasteiger partial charge in [-0.25, -0.2) is 0 Å². The molecule has 1 aromatic carbocycles. The monoisotopic (exact) mass is 287 g/mol. The van der Waals surface area contributed by atoms with Crippen molar-refractivity contribution >= 4 is 23.2 Å². The van der Waals surface area contributed by atoms with Crippen LogP contribution in [-0.2, 0) is 9.59 Å². The molecule has 0 spiro atoms. The van der Waals surface area contributed by atoms with Crippen LogP contribution in [0.15, 0.2) is 24.3 Å². The Morgan fingerprint density at radius 3 is 2.43 bits per heavy atom. The molecule has 0 aliphatic heterocycles. The number of nitrogens with one attached hydrogen (secondary N) is 2. The summed E-state index contributed by atoms with van der Waals surface area (Å²) in [5, 5.41) is 5.72. The highest BCUT2D eigenvalue weighted by Crippen LogP contribution is 2.33. The number of hydrogen-bond donors (Lipinski definition) is 3. The first-order valence-corrected chi connectivity index (χ1v) is 7.58. The lowest BCUT2D eigenvalue weighted by Gasteiger charge is -2.11. The van der Waals surface area contributed by atoms with Gasteiger partial charge in [0.05, 0.1) is 0 Å². The molecule has 0 radical (unpaired) electrons. The third kappa shape index (κ3) is 4.04. The van der Waals surface area contributed by atoms with E-state index in [4.69, 9.17) is 5.73 Å². The first kappa shape index (κ1) is 14.1. The fourth-order valence-electron chi connectivity index (χ4n) is 2.38. The molecule has 2 aliphatic carbocycles.